The summed E-state index contributed by atoms with van der Waals surface area (Å²) in [5.74, 6) is -1.45. The molecule has 0 aliphatic carbocycles. The predicted octanol–water partition coefficient (Wildman–Crippen LogP) is 6.27. The highest BCUT2D eigenvalue weighted by Gasteiger charge is 2.69. The number of rotatable bonds is 4. The first-order valence-corrected chi connectivity index (χ1v) is 13.8. The van der Waals surface area contributed by atoms with Gasteiger partial charge in [-0.2, -0.15) is 0 Å². The molecule has 40 heavy (non-hydrogen) atoms. The van der Waals surface area contributed by atoms with E-state index < -0.39 is 16.4 Å². The molecular formula is C33H29N3O4. The van der Waals surface area contributed by atoms with Gasteiger partial charge in [0.15, 0.2) is 5.78 Å². The van der Waals surface area contributed by atoms with Gasteiger partial charge in [0.1, 0.15) is 5.54 Å². The van der Waals surface area contributed by atoms with E-state index in [1.165, 1.54) is 6.07 Å². The lowest BCUT2D eigenvalue weighted by atomic mass is 9.68. The molecule has 3 aliphatic rings. The first kappa shape index (κ1) is 24.7. The third-order valence-electron chi connectivity index (χ3n) is 9.23. The summed E-state index contributed by atoms with van der Waals surface area (Å²) in [5, 5.41) is 16.9. The predicted molar refractivity (Wildman–Crippen MR) is 154 cm³/mol. The molecule has 0 saturated carbocycles. The van der Waals surface area contributed by atoms with E-state index in [1.54, 1.807) is 12.1 Å². The standard InChI is InChI=1S/C33H29N3O4/c1-19-15-20(2)30-26(16-19)33(32(38)34-30)29(31(37)24-13-12-21-7-3-4-8-22(21)17-24)28(27-11-6-14-35(27)33)23-9-5-10-25(18-23)36(39)40/h3-5,7-10,12-13,15-18,27-29H,6,11,14H2,1-2H3,(H,34,38)/t27?,28?,29?,33-/m1/s1. The molecule has 1 spiro atoms. The van der Waals surface area contributed by atoms with Gasteiger partial charge in [-0.25, -0.2) is 0 Å². The van der Waals surface area contributed by atoms with E-state index in [0.717, 1.165) is 51.6 Å². The van der Waals surface area contributed by atoms with E-state index in [2.05, 4.69) is 10.2 Å². The number of benzene rings is 4. The lowest BCUT2D eigenvalue weighted by Gasteiger charge is -2.37. The molecule has 4 aromatic carbocycles. The van der Waals surface area contributed by atoms with Crippen molar-refractivity contribution in [3.05, 3.63) is 117 Å². The monoisotopic (exact) mass is 531 g/mol. The number of nitro groups is 1. The second kappa shape index (κ2) is 8.83. The molecule has 2 fully saturated rings. The van der Waals surface area contributed by atoms with Gasteiger partial charge in [-0.05, 0) is 61.2 Å². The van der Waals surface area contributed by atoms with Crippen LogP contribution in [0.15, 0.2) is 78.9 Å². The number of nitro benzene ring substituents is 1. The van der Waals surface area contributed by atoms with Gasteiger partial charge in [0.2, 0.25) is 5.91 Å². The number of anilines is 1. The molecule has 0 radical (unpaired) electrons. The van der Waals surface area contributed by atoms with Crippen LogP contribution in [0.1, 0.15) is 51.4 Å². The summed E-state index contributed by atoms with van der Waals surface area (Å²) in [6.07, 6.45) is 1.70. The average molecular weight is 532 g/mol. The summed E-state index contributed by atoms with van der Waals surface area (Å²) in [4.78, 5) is 42.8. The third-order valence-corrected chi connectivity index (χ3v) is 9.23. The summed E-state index contributed by atoms with van der Waals surface area (Å²) in [7, 11) is 0. The lowest BCUT2D eigenvalue weighted by molar-refractivity contribution is -0.384. The second-order valence-corrected chi connectivity index (χ2v) is 11.4. The van der Waals surface area contributed by atoms with Crippen LogP contribution in [0.5, 0.6) is 0 Å². The van der Waals surface area contributed by atoms with Gasteiger partial charge in [-0.3, -0.25) is 24.6 Å². The average Bonchev–Trinajstić information content (AvgIpc) is 3.61. The van der Waals surface area contributed by atoms with Gasteiger partial charge in [0, 0.05) is 40.9 Å². The van der Waals surface area contributed by atoms with Crippen LogP contribution in [0.25, 0.3) is 10.8 Å². The zero-order valence-electron chi connectivity index (χ0n) is 22.4. The molecule has 7 heteroatoms. The van der Waals surface area contributed by atoms with Crippen molar-refractivity contribution in [1.82, 2.24) is 4.90 Å². The van der Waals surface area contributed by atoms with Crippen LogP contribution >= 0.6 is 0 Å². The summed E-state index contributed by atoms with van der Waals surface area (Å²) >= 11 is 0. The quantitative estimate of drug-likeness (QED) is 0.190. The molecule has 0 aromatic heterocycles. The van der Waals surface area contributed by atoms with Gasteiger partial charge < -0.3 is 5.32 Å². The Hall–Kier alpha value is -4.36. The molecule has 7 nitrogen and oxygen atoms in total. The van der Waals surface area contributed by atoms with E-state index >= 15 is 0 Å². The topological polar surface area (TPSA) is 92.5 Å². The highest BCUT2D eigenvalue weighted by Crippen LogP contribution is 2.61. The number of hydrogen-bond acceptors (Lipinski definition) is 5. The Morgan fingerprint density at radius 1 is 1.00 bits per heavy atom. The van der Waals surface area contributed by atoms with Crippen LogP contribution in [0.2, 0.25) is 0 Å². The second-order valence-electron chi connectivity index (χ2n) is 11.4. The number of amides is 1. The van der Waals surface area contributed by atoms with Crippen LogP contribution in [0, 0.1) is 29.9 Å². The molecule has 4 aromatic rings. The number of aryl methyl sites for hydroxylation is 2. The van der Waals surface area contributed by atoms with E-state index in [0.29, 0.717) is 12.1 Å². The van der Waals surface area contributed by atoms with Crippen molar-refractivity contribution >= 4 is 33.8 Å². The number of non-ortho nitro benzene ring substituents is 1. The van der Waals surface area contributed by atoms with Gasteiger partial charge in [-0.1, -0.05) is 66.2 Å². The Kier molecular flexibility index (Phi) is 5.44. The zero-order chi connectivity index (χ0) is 27.8. The number of Topliss-reactive ketones (excluding diaryl/α,β-unsaturated/α-hetero) is 1. The molecule has 3 aliphatic heterocycles. The number of carbonyl (C=O) groups excluding carboxylic acids is 2. The minimum atomic E-state index is -1.20. The molecule has 2 saturated heterocycles. The van der Waals surface area contributed by atoms with Crippen molar-refractivity contribution in [2.45, 2.75) is 44.2 Å². The third kappa shape index (κ3) is 3.34. The molecular weight excluding hydrogens is 502 g/mol. The van der Waals surface area contributed by atoms with Gasteiger partial charge >= 0.3 is 0 Å². The number of ketones is 1. The summed E-state index contributed by atoms with van der Waals surface area (Å²) in [6.45, 7) is 4.68. The smallest absolute Gasteiger partial charge is 0.269 e. The fraction of sp³-hybridized carbons (Fsp3) is 0.273. The Bertz CT molecular complexity index is 1750. The maximum absolute atomic E-state index is 14.9. The number of nitrogens with zero attached hydrogens (tertiary/aromatic N) is 2. The van der Waals surface area contributed by atoms with Crippen LogP contribution in [0.3, 0.4) is 0 Å². The van der Waals surface area contributed by atoms with Crippen molar-refractivity contribution in [3.63, 3.8) is 0 Å². The zero-order valence-corrected chi connectivity index (χ0v) is 22.4. The number of nitrogens with one attached hydrogen (secondary N) is 1. The van der Waals surface area contributed by atoms with Crippen molar-refractivity contribution in [3.8, 4) is 0 Å². The molecule has 7 rings (SSSR count). The Morgan fingerprint density at radius 2 is 1.80 bits per heavy atom. The van der Waals surface area contributed by atoms with Crippen molar-refractivity contribution in [2.24, 2.45) is 5.92 Å². The Labute approximate surface area is 232 Å². The van der Waals surface area contributed by atoms with Crippen LogP contribution < -0.4 is 5.32 Å². The van der Waals surface area contributed by atoms with E-state index in [9.17, 15) is 19.7 Å². The fourth-order valence-electron chi connectivity index (χ4n) is 7.76. The molecule has 0 bridgehead atoms. The first-order chi connectivity index (χ1) is 19.3. The van der Waals surface area contributed by atoms with Crippen molar-refractivity contribution in [2.75, 3.05) is 11.9 Å². The van der Waals surface area contributed by atoms with E-state index in [-0.39, 0.29) is 29.3 Å². The molecule has 1 N–H and O–H groups in total. The van der Waals surface area contributed by atoms with Crippen LogP contribution in [-0.4, -0.2) is 34.1 Å². The number of hydrogen-bond donors (Lipinski definition) is 1. The normalized spacial score (nSPS) is 25.2. The van der Waals surface area contributed by atoms with E-state index in [1.807, 2.05) is 74.5 Å². The summed E-state index contributed by atoms with van der Waals surface area (Å²) in [5.41, 5.74) is 3.67. The Balaban J connectivity index is 1.50. The Morgan fingerprint density at radius 3 is 2.60 bits per heavy atom. The maximum atomic E-state index is 14.9. The summed E-state index contributed by atoms with van der Waals surface area (Å²) < 4.78 is 0. The molecule has 3 unspecified atom stereocenters. The lowest BCUT2D eigenvalue weighted by Crippen LogP contribution is -2.52. The molecule has 3 heterocycles. The van der Waals surface area contributed by atoms with Gasteiger partial charge in [0.25, 0.3) is 5.69 Å². The highest BCUT2D eigenvalue weighted by atomic mass is 16.6. The van der Waals surface area contributed by atoms with E-state index in [4.69, 9.17) is 0 Å². The SMILES string of the molecule is Cc1cc(C)c2c(c1)[C@]1(C(=O)N2)C(C(=O)c2ccc3ccccc3c2)C(c2cccc([N+](=O)[O-])c2)C2CCCN21. The minimum absolute atomic E-state index is 0.0112. The largest absolute Gasteiger partial charge is 0.324 e. The van der Waals surface area contributed by atoms with Crippen molar-refractivity contribution in [1.29, 1.82) is 0 Å². The fourth-order valence-corrected chi connectivity index (χ4v) is 7.76. The van der Waals surface area contributed by atoms with Crippen molar-refractivity contribution < 1.29 is 14.5 Å². The molecule has 4 atom stereocenters. The maximum Gasteiger partial charge on any atom is 0.269 e. The highest BCUT2D eigenvalue weighted by molar-refractivity contribution is 6.13. The number of fused-ring (bicyclic) bond motifs is 5. The number of carbonyl (C=O) groups is 2. The summed E-state index contributed by atoms with van der Waals surface area (Å²) in [6, 6.07) is 24.2. The van der Waals surface area contributed by atoms with Crippen LogP contribution in [-0.2, 0) is 10.3 Å². The minimum Gasteiger partial charge on any atom is -0.324 e. The first-order valence-electron chi connectivity index (χ1n) is 13.8. The van der Waals surface area contributed by atoms with Gasteiger partial charge in [0.05, 0.1) is 10.8 Å². The molecule has 1 amide bonds. The van der Waals surface area contributed by atoms with Crippen LogP contribution in [0.4, 0.5) is 11.4 Å². The van der Waals surface area contributed by atoms with Gasteiger partial charge in [-0.15, -0.1) is 0 Å². The molecule has 200 valence electrons.